The number of nitrogens with one attached hydrogen (secondary N) is 3. The van der Waals surface area contributed by atoms with Gasteiger partial charge in [0.1, 0.15) is 0 Å². The van der Waals surface area contributed by atoms with Crippen LogP contribution < -0.4 is 11.1 Å². The molecule has 0 saturated heterocycles. The van der Waals surface area contributed by atoms with E-state index in [2.05, 4.69) is 25.3 Å². The Kier molecular flexibility index (Phi) is 5.50. The largest absolute Gasteiger partial charge is 0.404 e. The van der Waals surface area contributed by atoms with Gasteiger partial charge in [0.2, 0.25) is 5.95 Å². The van der Waals surface area contributed by atoms with Gasteiger partial charge < -0.3 is 25.8 Å². The Labute approximate surface area is 172 Å². The first-order chi connectivity index (χ1) is 14.2. The number of methoxy groups -OCH3 is 1. The van der Waals surface area contributed by atoms with Crippen LogP contribution in [0.15, 0.2) is 53.8 Å². The maximum absolute atomic E-state index is 6.35. The second-order valence-corrected chi connectivity index (χ2v) is 6.90. The molecule has 0 fully saturated rings. The van der Waals surface area contributed by atoms with E-state index in [0.717, 1.165) is 38.8 Å². The number of nitrogens with zero attached hydrogens (tertiary/aromatic N) is 2. The topological polar surface area (TPSA) is 104 Å². The van der Waals surface area contributed by atoms with Gasteiger partial charge in [0.25, 0.3) is 0 Å². The van der Waals surface area contributed by atoms with Crippen LogP contribution in [0.3, 0.4) is 0 Å². The molecule has 0 saturated carbocycles. The van der Waals surface area contributed by atoms with Crippen LogP contribution in [0.2, 0.25) is 5.02 Å². The van der Waals surface area contributed by atoms with Crippen LogP contribution in [0.4, 0.5) is 11.6 Å². The first-order valence-corrected chi connectivity index (χ1v) is 9.50. The second-order valence-electron chi connectivity index (χ2n) is 6.49. The lowest BCUT2D eigenvalue weighted by atomic mass is 10.1. The fraction of sp³-hybridized carbons (Fsp3) is 0.143. The predicted molar refractivity (Wildman–Crippen MR) is 120 cm³/mol. The van der Waals surface area contributed by atoms with E-state index in [1.165, 1.54) is 0 Å². The summed E-state index contributed by atoms with van der Waals surface area (Å²) in [6, 6.07) is 11.7. The second kappa shape index (κ2) is 8.38. The molecule has 0 amide bonds. The molecule has 0 aliphatic rings. The van der Waals surface area contributed by atoms with Crippen molar-refractivity contribution in [3.05, 3.63) is 59.4 Å². The summed E-state index contributed by atoms with van der Waals surface area (Å²) in [6.45, 7) is 1.16. The summed E-state index contributed by atoms with van der Waals surface area (Å²) in [5, 5.41) is 4.94. The number of aromatic amines is 2. The highest BCUT2D eigenvalue weighted by Gasteiger charge is 2.08. The van der Waals surface area contributed by atoms with Crippen LogP contribution in [0, 0.1) is 0 Å². The molecule has 148 valence electrons. The molecule has 4 aromatic rings. The highest BCUT2D eigenvalue weighted by molar-refractivity contribution is 6.35. The van der Waals surface area contributed by atoms with Crippen molar-refractivity contribution in [1.82, 2.24) is 15.0 Å². The minimum Gasteiger partial charge on any atom is -0.404 e. The standard InChI is InChI=1S/C21H21ClN6O/c1-29-7-6-24-12-14(11-23)13-2-3-18-20(8-13)28-21(27-18)26-15-9-17(22)16-4-5-25-19(16)10-15/h2-5,8-12,25H,6-7,23H2,1H3,(H2,26,27,28)/b14-11+,24-12?. The number of fused-ring (bicyclic) bond motifs is 2. The summed E-state index contributed by atoms with van der Waals surface area (Å²) in [4.78, 5) is 15.4. The van der Waals surface area contributed by atoms with Gasteiger partial charge in [-0.3, -0.25) is 4.99 Å². The van der Waals surface area contributed by atoms with Gasteiger partial charge in [-0.2, -0.15) is 0 Å². The number of ether oxygens (including phenoxy) is 1. The van der Waals surface area contributed by atoms with Crippen molar-refractivity contribution < 1.29 is 4.74 Å². The Morgan fingerprint density at radius 3 is 3.00 bits per heavy atom. The van der Waals surface area contributed by atoms with Crippen molar-refractivity contribution in [3.8, 4) is 0 Å². The summed E-state index contributed by atoms with van der Waals surface area (Å²) < 4.78 is 5.00. The molecule has 2 heterocycles. The molecule has 2 aromatic heterocycles. The van der Waals surface area contributed by atoms with E-state index in [1.807, 2.05) is 42.6 Å². The third-order valence-corrected chi connectivity index (χ3v) is 4.84. The number of nitrogens with two attached hydrogens (primary N) is 1. The van der Waals surface area contributed by atoms with E-state index in [0.29, 0.717) is 24.1 Å². The van der Waals surface area contributed by atoms with Gasteiger partial charge in [-0.25, -0.2) is 4.98 Å². The minimum atomic E-state index is 0.571. The van der Waals surface area contributed by atoms with E-state index in [4.69, 9.17) is 22.1 Å². The number of aromatic nitrogens is 3. The maximum atomic E-state index is 6.35. The Morgan fingerprint density at radius 2 is 2.17 bits per heavy atom. The molecular weight excluding hydrogens is 388 g/mol. The lowest BCUT2D eigenvalue weighted by molar-refractivity contribution is 0.208. The monoisotopic (exact) mass is 408 g/mol. The molecule has 2 aromatic carbocycles. The van der Waals surface area contributed by atoms with Crippen LogP contribution in [0.25, 0.3) is 27.5 Å². The molecule has 0 unspecified atom stereocenters. The van der Waals surface area contributed by atoms with Crippen molar-refractivity contribution in [3.63, 3.8) is 0 Å². The Balaban J connectivity index is 1.58. The minimum absolute atomic E-state index is 0.571. The number of rotatable bonds is 7. The van der Waals surface area contributed by atoms with Crippen LogP contribution in [-0.2, 0) is 4.74 Å². The normalized spacial score (nSPS) is 12.4. The number of imidazole rings is 1. The Morgan fingerprint density at radius 1 is 1.28 bits per heavy atom. The third kappa shape index (κ3) is 4.11. The average Bonchev–Trinajstić information content (AvgIpc) is 3.34. The summed E-state index contributed by atoms with van der Waals surface area (Å²) in [6.07, 6.45) is 5.16. The zero-order chi connectivity index (χ0) is 20.2. The number of hydrogen-bond donors (Lipinski definition) is 4. The molecule has 5 N–H and O–H groups in total. The average molecular weight is 409 g/mol. The van der Waals surface area contributed by atoms with E-state index < -0.39 is 0 Å². The number of benzene rings is 2. The van der Waals surface area contributed by atoms with Crippen LogP contribution >= 0.6 is 11.6 Å². The zero-order valence-electron chi connectivity index (χ0n) is 15.9. The van der Waals surface area contributed by atoms with Crippen molar-refractivity contribution in [1.29, 1.82) is 0 Å². The molecule has 29 heavy (non-hydrogen) atoms. The molecule has 0 spiro atoms. The highest BCUT2D eigenvalue weighted by atomic mass is 35.5. The maximum Gasteiger partial charge on any atom is 0.205 e. The lowest BCUT2D eigenvalue weighted by Crippen LogP contribution is -1.96. The Hall–Kier alpha value is -3.29. The van der Waals surface area contributed by atoms with Crippen LogP contribution in [0.1, 0.15) is 5.56 Å². The molecule has 0 atom stereocenters. The van der Waals surface area contributed by atoms with E-state index in [9.17, 15) is 0 Å². The van der Waals surface area contributed by atoms with Gasteiger partial charge in [-0.1, -0.05) is 17.7 Å². The highest BCUT2D eigenvalue weighted by Crippen LogP contribution is 2.29. The Bertz CT molecular complexity index is 1210. The summed E-state index contributed by atoms with van der Waals surface area (Å²) in [5.74, 6) is 0.631. The van der Waals surface area contributed by atoms with Crippen molar-refractivity contribution in [2.75, 3.05) is 25.6 Å². The van der Waals surface area contributed by atoms with Gasteiger partial charge in [0.15, 0.2) is 0 Å². The number of allylic oxidation sites excluding steroid dienone is 1. The van der Waals surface area contributed by atoms with Gasteiger partial charge >= 0.3 is 0 Å². The number of anilines is 2. The number of halogens is 1. The molecule has 0 bridgehead atoms. The fourth-order valence-electron chi connectivity index (χ4n) is 3.10. The summed E-state index contributed by atoms with van der Waals surface area (Å²) in [5.41, 5.74) is 11.1. The lowest BCUT2D eigenvalue weighted by Gasteiger charge is -2.04. The van der Waals surface area contributed by atoms with Crippen LogP contribution in [0.5, 0.6) is 0 Å². The van der Waals surface area contributed by atoms with Gasteiger partial charge in [0, 0.05) is 47.9 Å². The summed E-state index contributed by atoms with van der Waals surface area (Å²) >= 11 is 6.35. The third-order valence-electron chi connectivity index (χ3n) is 4.53. The van der Waals surface area contributed by atoms with E-state index >= 15 is 0 Å². The summed E-state index contributed by atoms with van der Waals surface area (Å²) in [7, 11) is 1.65. The number of H-pyrrole nitrogens is 2. The van der Waals surface area contributed by atoms with Crippen molar-refractivity contribution in [2.45, 2.75) is 0 Å². The molecule has 7 nitrogen and oxygen atoms in total. The molecule has 0 aliphatic heterocycles. The van der Waals surface area contributed by atoms with Gasteiger partial charge in [-0.15, -0.1) is 0 Å². The zero-order valence-corrected chi connectivity index (χ0v) is 16.6. The smallest absolute Gasteiger partial charge is 0.205 e. The first kappa shape index (κ1) is 19.0. The molecule has 0 radical (unpaired) electrons. The SMILES string of the molecule is COCCN=C/C(=C\N)c1ccc2nc(Nc3cc(Cl)c4cc[nH]c4c3)[nH]c2c1. The molecule has 0 aliphatic carbocycles. The molecule has 8 heteroatoms. The molecule has 4 rings (SSSR count). The fourth-order valence-corrected chi connectivity index (χ4v) is 3.38. The van der Waals surface area contributed by atoms with E-state index in [-0.39, 0.29) is 0 Å². The quantitative estimate of drug-likeness (QED) is 0.267. The van der Waals surface area contributed by atoms with Crippen molar-refractivity contribution in [2.24, 2.45) is 10.7 Å². The molecular formula is C21H21ClN6O. The van der Waals surface area contributed by atoms with Crippen molar-refractivity contribution >= 4 is 57.0 Å². The van der Waals surface area contributed by atoms with Gasteiger partial charge in [-0.05, 0) is 35.9 Å². The number of hydrogen-bond acceptors (Lipinski definition) is 5. The first-order valence-electron chi connectivity index (χ1n) is 9.12. The van der Waals surface area contributed by atoms with E-state index in [1.54, 1.807) is 19.5 Å². The number of aliphatic imine (C=N–C) groups is 1. The van der Waals surface area contributed by atoms with Crippen LogP contribution in [-0.4, -0.2) is 41.4 Å². The predicted octanol–water partition coefficient (Wildman–Crippen LogP) is 4.46. The van der Waals surface area contributed by atoms with Gasteiger partial charge in [0.05, 0.1) is 29.2 Å².